The van der Waals surface area contributed by atoms with Gasteiger partial charge in [0.25, 0.3) is 5.91 Å². The molecule has 2 amide bonds. The summed E-state index contributed by atoms with van der Waals surface area (Å²) in [6.45, 7) is 0. The number of hydrogen-bond donors (Lipinski definition) is 3. The largest absolute Gasteiger partial charge is 0.366 e. The number of carbonyl (C=O) groups is 2. The molecule has 7 nitrogen and oxygen atoms in total. The van der Waals surface area contributed by atoms with Crippen LogP contribution in [0, 0.1) is 0 Å². The number of thiophene rings is 1. The summed E-state index contributed by atoms with van der Waals surface area (Å²) in [5.74, 6) is -0.664. The van der Waals surface area contributed by atoms with Gasteiger partial charge in [0, 0.05) is 4.88 Å². The molecule has 0 bridgehead atoms. The SMILES string of the molecule is NC(=O)c1cc(-c2ccccc2)sc1NC(=O)CSc1cn[nH]n1. The van der Waals surface area contributed by atoms with E-state index in [1.807, 2.05) is 30.3 Å². The van der Waals surface area contributed by atoms with E-state index in [-0.39, 0.29) is 11.7 Å². The molecule has 0 unspecified atom stereocenters. The zero-order chi connectivity index (χ0) is 16.9. The van der Waals surface area contributed by atoms with Crippen molar-refractivity contribution in [2.45, 2.75) is 5.03 Å². The zero-order valence-electron chi connectivity index (χ0n) is 12.4. The van der Waals surface area contributed by atoms with Crippen LogP contribution in [0.5, 0.6) is 0 Å². The molecule has 0 spiro atoms. The highest BCUT2D eigenvalue weighted by Crippen LogP contribution is 2.35. The molecule has 0 atom stereocenters. The van der Waals surface area contributed by atoms with E-state index in [0.717, 1.165) is 10.4 Å². The van der Waals surface area contributed by atoms with Crippen molar-refractivity contribution in [1.29, 1.82) is 0 Å². The minimum atomic E-state index is -0.576. The van der Waals surface area contributed by atoms with Crippen molar-refractivity contribution in [3.05, 3.63) is 48.2 Å². The number of benzene rings is 1. The van der Waals surface area contributed by atoms with Crippen LogP contribution >= 0.6 is 23.1 Å². The molecule has 122 valence electrons. The van der Waals surface area contributed by atoms with Gasteiger partial charge in [-0.2, -0.15) is 10.3 Å². The van der Waals surface area contributed by atoms with Crippen molar-refractivity contribution >= 4 is 39.9 Å². The fourth-order valence-corrected chi connectivity index (χ4v) is 3.64. The van der Waals surface area contributed by atoms with Crippen molar-refractivity contribution in [3.63, 3.8) is 0 Å². The normalized spacial score (nSPS) is 10.5. The standard InChI is InChI=1S/C15H13N5O2S2/c16-14(22)10-6-11(9-4-2-1-3-5-9)24-15(10)18-12(21)8-23-13-7-17-20-19-13/h1-7H,8H2,(H2,16,22)(H,18,21)(H,17,19,20). The van der Waals surface area contributed by atoms with Crippen LogP contribution in [0.15, 0.2) is 47.6 Å². The first kappa shape index (κ1) is 16.2. The van der Waals surface area contributed by atoms with Gasteiger partial charge in [-0.05, 0) is 11.6 Å². The van der Waals surface area contributed by atoms with Crippen LogP contribution < -0.4 is 11.1 Å². The first-order valence-electron chi connectivity index (χ1n) is 6.91. The molecule has 0 radical (unpaired) electrons. The number of nitrogens with zero attached hydrogens (tertiary/aromatic N) is 2. The third-order valence-electron chi connectivity index (χ3n) is 3.05. The summed E-state index contributed by atoms with van der Waals surface area (Å²) in [7, 11) is 0. The van der Waals surface area contributed by atoms with Crippen molar-refractivity contribution in [3.8, 4) is 10.4 Å². The second-order valence-corrected chi connectivity index (χ2v) is 6.78. The number of rotatable bonds is 6. The van der Waals surface area contributed by atoms with Gasteiger partial charge in [0.15, 0.2) is 0 Å². The Bertz CT molecular complexity index is 846. The Morgan fingerprint density at radius 2 is 2.08 bits per heavy atom. The van der Waals surface area contributed by atoms with Gasteiger partial charge in [-0.15, -0.1) is 16.4 Å². The highest BCUT2D eigenvalue weighted by atomic mass is 32.2. The molecule has 1 aromatic carbocycles. The number of amides is 2. The molecule has 0 saturated heterocycles. The van der Waals surface area contributed by atoms with E-state index in [4.69, 9.17) is 5.73 Å². The van der Waals surface area contributed by atoms with Crippen LogP contribution in [-0.4, -0.2) is 33.0 Å². The number of nitrogens with two attached hydrogens (primary N) is 1. The molecule has 2 aromatic heterocycles. The summed E-state index contributed by atoms with van der Waals surface area (Å²) < 4.78 is 0. The molecular formula is C15H13N5O2S2. The second kappa shape index (κ2) is 7.28. The molecule has 9 heteroatoms. The van der Waals surface area contributed by atoms with Gasteiger partial charge < -0.3 is 11.1 Å². The van der Waals surface area contributed by atoms with Crippen LogP contribution in [-0.2, 0) is 4.79 Å². The highest BCUT2D eigenvalue weighted by molar-refractivity contribution is 7.99. The van der Waals surface area contributed by atoms with Gasteiger partial charge in [-0.25, -0.2) is 0 Å². The number of nitrogens with one attached hydrogen (secondary N) is 2. The number of thioether (sulfide) groups is 1. The Kier molecular flexibility index (Phi) is 4.92. The Morgan fingerprint density at radius 1 is 1.29 bits per heavy atom. The predicted molar refractivity (Wildman–Crippen MR) is 94.0 cm³/mol. The van der Waals surface area contributed by atoms with E-state index < -0.39 is 5.91 Å². The molecule has 3 aromatic rings. The third kappa shape index (κ3) is 3.81. The summed E-state index contributed by atoms with van der Waals surface area (Å²) in [6, 6.07) is 11.3. The smallest absolute Gasteiger partial charge is 0.251 e. The van der Waals surface area contributed by atoms with Gasteiger partial charge in [0.05, 0.1) is 17.5 Å². The Hall–Kier alpha value is -2.65. The summed E-state index contributed by atoms with van der Waals surface area (Å²) in [6.07, 6.45) is 1.53. The number of H-pyrrole nitrogens is 1. The Morgan fingerprint density at radius 3 is 2.75 bits per heavy atom. The maximum Gasteiger partial charge on any atom is 0.251 e. The van der Waals surface area contributed by atoms with Crippen LogP contribution in [0.1, 0.15) is 10.4 Å². The number of aromatic nitrogens is 3. The maximum atomic E-state index is 12.1. The summed E-state index contributed by atoms with van der Waals surface area (Å²) in [5, 5.41) is 13.8. The monoisotopic (exact) mass is 359 g/mol. The Labute approximate surface area is 145 Å². The molecule has 0 fully saturated rings. The summed E-state index contributed by atoms with van der Waals surface area (Å²) in [5.41, 5.74) is 6.69. The molecule has 0 aliphatic heterocycles. The molecule has 2 heterocycles. The zero-order valence-corrected chi connectivity index (χ0v) is 14.0. The molecular weight excluding hydrogens is 346 g/mol. The fourth-order valence-electron chi connectivity index (χ4n) is 1.97. The molecule has 3 rings (SSSR count). The van der Waals surface area contributed by atoms with Crippen molar-refractivity contribution < 1.29 is 9.59 Å². The van der Waals surface area contributed by atoms with Gasteiger partial charge in [-0.3, -0.25) is 9.59 Å². The lowest BCUT2D eigenvalue weighted by Gasteiger charge is -2.03. The maximum absolute atomic E-state index is 12.1. The minimum Gasteiger partial charge on any atom is -0.366 e. The van der Waals surface area contributed by atoms with Crippen molar-refractivity contribution in [2.75, 3.05) is 11.1 Å². The number of anilines is 1. The summed E-state index contributed by atoms with van der Waals surface area (Å²) in [4.78, 5) is 24.6. The topological polar surface area (TPSA) is 114 Å². The van der Waals surface area contributed by atoms with E-state index in [2.05, 4.69) is 20.7 Å². The quantitative estimate of drug-likeness (QED) is 0.585. The second-order valence-electron chi connectivity index (χ2n) is 4.73. The first-order valence-corrected chi connectivity index (χ1v) is 8.71. The average molecular weight is 359 g/mol. The van der Waals surface area contributed by atoms with Gasteiger partial charge in [-0.1, -0.05) is 42.1 Å². The van der Waals surface area contributed by atoms with E-state index in [1.54, 1.807) is 6.07 Å². The number of primary amides is 1. The van der Waals surface area contributed by atoms with Crippen molar-refractivity contribution in [1.82, 2.24) is 15.4 Å². The minimum absolute atomic E-state index is 0.156. The lowest BCUT2D eigenvalue weighted by molar-refractivity contribution is -0.113. The van der Waals surface area contributed by atoms with Gasteiger partial charge in [0.1, 0.15) is 10.0 Å². The lowest BCUT2D eigenvalue weighted by Crippen LogP contribution is -2.17. The van der Waals surface area contributed by atoms with Gasteiger partial charge >= 0.3 is 0 Å². The van der Waals surface area contributed by atoms with Gasteiger partial charge in [0.2, 0.25) is 5.91 Å². The molecule has 0 aliphatic rings. The number of carbonyl (C=O) groups excluding carboxylic acids is 2. The lowest BCUT2D eigenvalue weighted by atomic mass is 10.1. The van der Waals surface area contributed by atoms with E-state index in [9.17, 15) is 9.59 Å². The van der Waals surface area contributed by atoms with Crippen LogP contribution in [0.3, 0.4) is 0 Å². The number of hydrogen-bond acceptors (Lipinski definition) is 6. The van der Waals surface area contributed by atoms with Crippen molar-refractivity contribution in [2.24, 2.45) is 5.73 Å². The highest BCUT2D eigenvalue weighted by Gasteiger charge is 2.17. The average Bonchev–Trinajstić information content (AvgIpc) is 3.23. The van der Waals surface area contributed by atoms with Crippen LogP contribution in [0.2, 0.25) is 0 Å². The van der Waals surface area contributed by atoms with Crippen LogP contribution in [0.25, 0.3) is 10.4 Å². The molecule has 24 heavy (non-hydrogen) atoms. The molecule has 4 N–H and O–H groups in total. The fraction of sp³-hybridized carbons (Fsp3) is 0.0667. The first-order chi connectivity index (χ1) is 11.6. The third-order valence-corrected chi connectivity index (χ3v) is 5.05. The molecule has 0 aliphatic carbocycles. The predicted octanol–water partition coefficient (Wildman–Crippen LogP) is 2.36. The Balaban J connectivity index is 1.75. The molecule has 0 saturated carbocycles. The van der Waals surface area contributed by atoms with E-state index in [1.165, 1.54) is 29.3 Å². The van der Waals surface area contributed by atoms with Crippen LogP contribution in [0.4, 0.5) is 5.00 Å². The van der Waals surface area contributed by atoms with E-state index in [0.29, 0.717) is 15.6 Å². The van der Waals surface area contributed by atoms with E-state index >= 15 is 0 Å². The summed E-state index contributed by atoms with van der Waals surface area (Å²) >= 11 is 2.56. The number of aromatic amines is 1.